The Bertz CT molecular complexity index is 342. The lowest BCUT2D eigenvalue weighted by atomic mass is 10.1. The van der Waals surface area contributed by atoms with Gasteiger partial charge in [-0.05, 0) is 53.9 Å². The molecule has 1 aliphatic carbocycles. The molecule has 0 bridgehead atoms. The van der Waals surface area contributed by atoms with E-state index in [1.165, 1.54) is 0 Å². The van der Waals surface area contributed by atoms with Gasteiger partial charge in [0.2, 0.25) is 0 Å². The summed E-state index contributed by atoms with van der Waals surface area (Å²) in [4.78, 5) is 7.17. The molecule has 24 heavy (non-hydrogen) atoms. The Balaban J connectivity index is 0.00000529. The number of halogens is 1. The average molecular weight is 454 g/mol. The maximum Gasteiger partial charge on any atom is 0.191 e. The Morgan fingerprint density at radius 1 is 1.17 bits per heavy atom. The van der Waals surface area contributed by atoms with Gasteiger partial charge in [0, 0.05) is 44.2 Å². The van der Waals surface area contributed by atoms with Crippen LogP contribution in [0, 0.1) is 5.92 Å². The van der Waals surface area contributed by atoms with Crippen molar-refractivity contribution in [3.05, 3.63) is 0 Å². The van der Waals surface area contributed by atoms with Gasteiger partial charge in [0.1, 0.15) is 0 Å². The fourth-order valence-corrected chi connectivity index (χ4v) is 3.36. The Kier molecular flexibility index (Phi) is 13.1. The minimum Gasteiger partial charge on any atom is -0.393 e. The van der Waals surface area contributed by atoms with Gasteiger partial charge in [0.05, 0.1) is 6.10 Å². The first-order valence-corrected chi connectivity index (χ1v) is 9.41. The van der Waals surface area contributed by atoms with Gasteiger partial charge in [-0.25, -0.2) is 0 Å². The molecule has 2 unspecified atom stereocenters. The van der Waals surface area contributed by atoms with E-state index in [0.717, 1.165) is 57.8 Å². The Hall–Kier alpha value is -0.0800. The Morgan fingerprint density at radius 2 is 1.83 bits per heavy atom. The number of aliphatic hydroxyl groups excluding tert-OH is 1. The fraction of sp³-hybridized carbons (Fsp3) is 0.944. The monoisotopic (exact) mass is 454 g/mol. The van der Waals surface area contributed by atoms with Crippen LogP contribution in [0.15, 0.2) is 4.99 Å². The summed E-state index contributed by atoms with van der Waals surface area (Å²) in [6.45, 7) is 14.7. The van der Waals surface area contributed by atoms with Crippen molar-refractivity contribution >= 4 is 29.9 Å². The second-order valence-corrected chi connectivity index (χ2v) is 7.18. The van der Waals surface area contributed by atoms with Gasteiger partial charge in [-0.2, -0.15) is 0 Å². The van der Waals surface area contributed by atoms with E-state index >= 15 is 0 Å². The molecule has 1 rings (SSSR count). The van der Waals surface area contributed by atoms with E-state index in [1.54, 1.807) is 0 Å². The summed E-state index contributed by atoms with van der Waals surface area (Å²) < 4.78 is 0. The minimum absolute atomic E-state index is 0. The zero-order chi connectivity index (χ0) is 17.2. The Labute approximate surface area is 166 Å². The molecule has 0 aliphatic heterocycles. The molecule has 2 atom stereocenters. The van der Waals surface area contributed by atoms with Gasteiger partial charge in [0.25, 0.3) is 0 Å². The minimum atomic E-state index is -0.160. The van der Waals surface area contributed by atoms with E-state index in [9.17, 15) is 5.11 Å². The molecule has 0 saturated heterocycles. The third-order valence-corrected chi connectivity index (χ3v) is 4.66. The van der Waals surface area contributed by atoms with Crippen LogP contribution in [0.3, 0.4) is 0 Å². The second-order valence-electron chi connectivity index (χ2n) is 7.18. The SMILES string of the molecule is CCNC(=NCC1CCCC1O)NCCCN(C(C)C)C(C)C.I. The van der Waals surface area contributed by atoms with Crippen LogP contribution < -0.4 is 10.6 Å². The van der Waals surface area contributed by atoms with Gasteiger partial charge < -0.3 is 15.7 Å². The molecule has 1 saturated carbocycles. The molecule has 0 amide bonds. The standard InChI is InChI=1S/C18H38N4O.HI/c1-6-19-18(21-13-16-9-7-10-17(16)23)20-11-8-12-22(14(2)3)15(4)5;/h14-17,23H,6-13H2,1-5H3,(H2,19,20,21);1H. The first-order chi connectivity index (χ1) is 11.0. The third-order valence-electron chi connectivity index (χ3n) is 4.66. The normalized spacial score (nSPS) is 21.5. The van der Waals surface area contributed by atoms with Crippen molar-refractivity contribution in [1.82, 2.24) is 15.5 Å². The van der Waals surface area contributed by atoms with E-state index in [0.29, 0.717) is 18.0 Å². The highest BCUT2D eigenvalue weighted by atomic mass is 127. The smallest absolute Gasteiger partial charge is 0.191 e. The van der Waals surface area contributed by atoms with Gasteiger partial charge in [-0.15, -0.1) is 24.0 Å². The molecule has 0 aromatic carbocycles. The largest absolute Gasteiger partial charge is 0.393 e. The van der Waals surface area contributed by atoms with E-state index in [1.807, 2.05) is 0 Å². The maximum absolute atomic E-state index is 9.90. The summed E-state index contributed by atoms with van der Waals surface area (Å²) in [5, 5.41) is 16.6. The predicted octanol–water partition coefficient (Wildman–Crippen LogP) is 2.83. The van der Waals surface area contributed by atoms with Crippen LogP contribution in [0.5, 0.6) is 0 Å². The van der Waals surface area contributed by atoms with Crippen LogP contribution in [-0.4, -0.2) is 60.3 Å². The molecule has 0 spiro atoms. The second kappa shape index (κ2) is 13.2. The van der Waals surface area contributed by atoms with Crippen molar-refractivity contribution in [2.24, 2.45) is 10.9 Å². The number of aliphatic imine (C=N–C) groups is 1. The van der Waals surface area contributed by atoms with Gasteiger partial charge in [-0.3, -0.25) is 9.89 Å². The van der Waals surface area contributed by atoms with Crippen molar-refractivity contribution in [1.29, 1.82) is 0 Å². The molecule has 144 valence electrons. The zero-order valence-corrected chi connectivity index (χ0v) is 18.5. The highest BCUT2D eigenvalue weighted by Gasteiger charge is 2.24. The first-order valence-electron chi connectivity index (χ1n) is 9.41. The first kappa shape index (κ1) is 23.9. The van der Waals surface area contributed by atoms with E-state index in [4.69, 9.17) is 0 Å². The number of nitrogens with zero attached hydrogens (tertiary/aromatic N) is 2. The molecule has 0 radical (unpaired) electrons. The number of guanidine groups is 1. The Morgan fingerprint density at radius 3 is 2.33 bits per heavy atom. The van der Waals surface area contributed by atoms with Crippen molar-refractivity contribution in [2.45, 2.75) is 78.5 Å². The molecule has 0 aromatic heterocycles. The topological polar surface area (TPSA) is 59.9 Å². The quantitative estimate of drug-likeness (QED) is 0.217. The van der Waals surface area contributed by atoms with E-state index < -0.39 is 0 Å². The number of hydrogen-bond acceptors (Lipinski definition) is 3. The summed E-state index contributed by atoms with van der Waals surface area (Å²) in [6, 6.07) is 1.17. The highest BCUT2D eigenvalue weighted by Crippen LogP contribution is 2.25. The zero-order valence-electron chi connectivity index (χ0n) is 16.2. The van der Waals surface area contributed by atoms with Crippen LogP contribution in [0.25, 0.3) is 0 Å². The number of aliphatic hydroxyl groups is 1. The summed E-state index contributed by atoms with van der Waals surface area (Å²) >= 11 is 0. The molecule has 0 aromatic rings. The summed E-state index contributed by atoms with van der Waals surface area (Å²) in [5.41, 5.74) is 0. The van der Waals surface area contributed by atoms with Crippen LogP contribution in [0.4, 0.5) is 0 Å². The molecule has 0 heterocycles. The van der Waals surface area contributed by atoms with E-state index in [2.05, 4.69) is 55.1 Å². The molecule has 3 N–H and O–H groups in total. The van der Waals surface area contributed by atoms with Gasteiger partial charge >= 0.3 is 0 Å². The average Bonchev–Trinajstić information content (AvgIpc) is 2.88. The lowest BCUT2D eigenvalue weighted by Crippen LogP contribution is -2.41. The van der Waals surface area contributed by atoms with Crippen LogP contribution in [0.2, 0.25) is 0 Å². The molecular weight excluding hydrogens is 415 g/mol. The summed E-state index contributed by atoms with van der Waals surface area (Å²) in [7, 11) is 0. The number of nitrogens with one attached hydrogen (secondary N) is 2. The predicted molar refractivity (Wildman–Crippen MR) is 114 cm³/mol. The summed E-state index contributed by atoms with van der Waals surface area (Å²) in [5.74, 6) is 1.22. The van der Waals surface area contributed by atoms with Crippen molar-refractivity contribution in [3.63, 3.8) is 0 Å². The van der Waals surface area contributed by atoms with Crippen molar-refractivity contribution < 1.29 is 5.11 Å². The fourth-order valence-electron chi connectivity index (χ4n) is 3.36. The van der Waals surface area contributed by atoms with Crippen LogP contribution >= 0.6 is 24.0 Å². The van der Waals surface area contributed by atoms with Gasteiger partial charge in [-0.1, -0.05) is 6.42 Å². The third kappa shape index (κ3) is 8.85. The van der Waals surface area contributed by atoms with Crippen LogP contribution in [0.1, 0.15) is 60.3 Å². The molecule has 1 fully saturated rings. The van der Waals surface area contributed by atoms with E-state index in [-0.39, 0.29) is 30.1 Å². The number of hydrogen-bond donors (Lipinski definition) is 3. The summed E-state index contributed by atoms with van der Waals surface area (Å²) in [6.07, 6.45) is 4.11. The van der Waals surface area contributed by atoms with Crippen LogP contribution in [-0.2, 0) is 0 Å². The highest BCUT2D eigenvalue weighted by molar-refractivity contribution is 14.0. The maximum atomic E-state index is 9.90. The molecular formula is C18H39IN4O. The van der Waals surface area contributed by atoms with Crippen molar-refractivity contribution in [3.8, 4) is 0 Å². The number of rotatable bonds is 9. The lowest BCUT2D eigenvalue weighted by Gasteiger charge is -2.30. The molecule has 6 heteroatoms. The van der Waals surface area contributed by atoms with Gasteiger partial charge in [0.15, 0.2) is 5.96 Å². The molecule has 1 aliphatic rings. The lowest BCUT2D eigenvalue weighted by molar-refractivity contribution is 0.136. The molecule has 5 nitrogen and oxygen atoms in total. The van der Waals surface area contributed by atoms with Crippen molar-refractivity contribution in [2.75, 3.05) is 26.2 Å².